The van der Waals surface area contributed by atoms with E-state index in [0.717, 1.165) is 29.7 Å². The van der Waals surface area contributed by atoms with Crippen LogP contribution in [-0.2, 0) is 22.4 Å². The highest BCUT2D eigenvalue weighted by molar-refractivity contribution is 5.93. The van der Waals surface area contributed by atoms with Gasteiger partial charge in [-0.3, -0.25) is 9.59 Å². The Morgan fingerprint density at radius 2 is 1.96 bits per heavy atom. The van der Waals surface area contributed by atoms with Gasteiger partial charge < -0.3 is 15.4 Å². The minimum absolute atomic E-state index is 0.0141. The van der Waals surface area contributed by atoms with Gasteiger partial charge in [-0.05, 0) is 42.2 Å². The van der Waals surface area contributed by atoms with E-state index >= 15 is 0 Å². The van der Waals surface area contributed by atoms with Crippen molar-refractivity contribution in [3.8, 4) is 5.75 Å². The highest BCUT2D eigenvalue weighted by Gasteiger charge is 2.14. The maximum absolute atomic E-state index is 11.8. The van der Waals surface area contributed by atoms with Crippen LogP contribution in [-0.4, -0.2) is 25.0 Å². The first-order chi connectivity index (χ1) is 11.7. The van der Waals surface area contributed by atoms with Crippen molar-refractivity contribution in [2.75, 3.05) is 18.5 Å². The number of aryl methyl sites for hydroxylation is 1. The van der Waals surface area contributed by atoms with Crippen LogP contribution >= 0.6 is 0 Å². The summed E-state index contributed by atoms with van der Waals surface area (Å²) in [5.41, 5.74) is 3.20. The molecule has 0 radical (unpaired) electrons. The van der Waals surface area contributed by atoms with E-state index in [0.29, 0.717) is 18.7 Å². The van der Waals surface area contributed by atoms with E-state index in [1.807, 2.05) is 42.5 Å². The predicted octanol–water partition coefficient (Wildman–Crippen LogP) is 2.31. The summed E-state index contributed by atoms with van der Waals surface area (Å²) in [6, 6.07) is 15.3. The van der Waals surface area contributed by atoms with Crippen LogP contribution in [0.15, 0.2) is 48.5 Å². The lowest BCUT2D eigenvalue weighted by Crippen LogP contribution is -2.30. The lowest BCUT2D eigenvalue weighted by molar-refractivity contribution is -0.123. The SMILES string of the molecule is O=C(COc1ccccc1)NCCc1ccc2c(c1)CCC(=O)N2. The molecule has 0 spiro atoms. The van der Waals surface area contributed by atoms with Crippen LogP contribution < -0.4 is 15.4 Å². The molecule has 1 heterocycles. The molecule has 0 saturated carbocycles. The maximum Gasteiger partial charge on any atom is 0.257 e. The summed E-state index contributed by atoms with van der Waals surface area (Å²) in [6.45, 7) is 0.572. The molecule has 0 unspecified atom stereocenters. The van der Waals surface area contributed by atoms with Gasteiger partial charge in [0, 0.05) is 18.7 Å². The molecule has 0 aromatic heterocycles. The van der Waals surface area contributed by atoms with E-state index in [9.17, 15) is 9.59 Å². The molecule has 0 aliphatic carbocycles. The highest BCUT2D eigenvalue weighted by atomic mass is 16.5. The molecule has 5 heteroatoms. The first-order valence-electron chi connectivity index (χ1n) is 8.07. The van der Waals surface area contributed by atoms with Crippen LogP contribution in [0.1, 0.15) is 17.5 Å². The number of anilines is 1. The summed E-state index contributed by atoms with van der Waals surface area (Å²) in [7, 11) is 0. The molecule has 0 atom stereocenters. The Morgan fingerprint density at radius 1 is 1.12 bits per heavy atom. The maximum atomic E-state index is 11.8. The number of para-hydroxylation sites is 1. The van der Waals surface area contributed by atoms with Crippen molar-refractivity contribution in [1.82, 2.24) is 5.32 Å². The summed E-state index contributed by atoms with van der Waals surface area (Å²) in [5.74, 6) is 0.620. The Kier molecular flexibility index (Phi) is 5.11. The van der Waals surface area contributed by atoms with Gasteiger partial charge in [0.15, 0.2) is 6.61 Å². The number of rotatable bonds is 6. The van der Waals surface area contributed by atoms with Crippen molar-refractivity contribution in [2.24, 2.45) is 0 Å². The molecule has 2 N–H and O–H groups in total. The molecule has 5 nitrogen and oxygen atoms in total. The number of ether oxygens (including phenoxy) is 1. The molecule has 0 saturated heterocycles. The third-order valence-electron chi connectivity index (χ3n) is 3.91. The van der Waals surface area contributed by atoms with Gasteiger partial charge in [-0.1, -0.05) is 30.3 Å². The number of hydrogen-bond donors (Lipinski definition) is 2. The lowest BCUT2D eigenvalue weighted by Gasteiger charge is -2.17. The van der Waals surface area contributed by atoms with E-state index in [1.54, 1.807) is 0 Å². The molecule has 2 aromatic carbocycles. The van der Waals surface area contributed by atoms with Gasteiger partial charge in [-0.2, -0.15) is 0 Å². The fraction of sp³-hybridized carbons (Fsp3) is 0.263. The molecule has 24 heavy (non-hydrogen) atoms. The summed E-state index contributed by atoms with van der Waals surface area (Å²) >= 11 is 0. The van der Waals surface area contributed by atoms with Crippen molar-refractivity contribution < 1.29 is 14.3 Å². The summed E-state index contributed by atoms with van der Waals surface area (Å²) in [6.07, 6.45) is 2.05. The number of nitrogens with one attached hydrogen (secondary N) is 2. The molecular weight excluding hydrogens is 304 g/mol. The molecule has 3 rings (SSSR count). The number of benzene rings is 2. The number of fused-ring (bicyclic) bond motifs is 1. The van der Waals surface area contributed by atoms with E-state index < -0.39 is 0 Å². The number of carbonyl (C=O) groups is 2. The molecule has 1 aliphatic heterocycles. The first kappa shape index (κ1) is 16.1. The predicted molar refractivity (Wildman–Crippen MR) is 92.0 cm³/mol. The number of carbonyl (C=O) groups excluding carboxylic acids is 2. The smallest absolute Gasteiger partial charge is 0.257 e. The normalized spacial score (nSPS) is 12.9. The molecule has 2 amide bonds. The van der Waals surface area contributed by atoms with E-state index in [2.05, 4.69) is 16.7 Å². The van der Waals surface area contributed by atoms with Gasteiger partial charge in [0.1, 0.15) is 5.75 Å². The van der Waals surface area contributed by atoms with Gasteiger partial charge >= 0.3 is 0 Å². The second-order valence-corrected chi connectivity index (χ2v) is 5.74. The minimum atomic E-state index is -0.135. The third-order valence-corrected chi connectivity index (χ3v) is 3.91. The zero-order valence-electron chi connectivity index (χ0n) is 13.4. The molecule has 0 fully saturated rings. The van der Waals surface area contributed by atoms with Crippen molar-refractivity contribution in [2.45, 2.75) is 19.3 Å². The summed E-state index contributed by atoms with van der Waals surface area (Å²) < 4.78 is 5.40. The summed E-state index contributed by atoms with van der Waals surface area (Å²) in [4.78, 5) is 23.1. The van der Waals surface area contributed by atoms with Crippen LogP contribution in [0.4, 0.5) is 5.69 Å². The van der Waals surface area contributed by atoms with Crippen molar-refractivity contribution in [3.63, 3.8) is 0 Å². The largest absolute Gasteiger partial charge is 0.484 e. The van der Waals surface area contributed by atoms with E-state index in [-0.39, 0.29) is 18.4 Å². The molecule has 0 bridgehead atoms. The standard InChI is InChI=1S/C19H20N2O3/c22-18-9-7-15-12-14(6-8-17(15)21-18)10-11-20-19(23)13-24-16-4-2-1-3-5-16/h1-6,8,12H,7,9-11,13H2,(H,20,23)(H,21,22). The van der Waals surface area contributed by atoms with Crippen molar-refractivity contribution >= 4 is 17.5 Å². The molecule has 124 valence electrons. The number of hydrogen-bond acceptors (Lipinski definition) is 3. The van der Waals surface area contributed by atoms with Gasteiger partial charge in [0.2, 0.25) is 5.91 Å². The average molecular weight is 324 g/mol. The van der Waals surface area contributed by atoms with Crippen LogP contribution in [0, 0.1) is 0 Å². The third kappa shape index (κ3) is 4.35. The minimum Gasteiger partial charge on any atom is -0.484 e. The van der Waals surface area contributed by atoms with E-state index in [4.69, 9.17) is 4.74 Å². The average Bonchev–Trinajstić information content (AvgIpc) is 2.61. The quantitative estimate of drug-likeness (QED) is 0.857. The van der Waals surface area contributed by atoms with E-state index in [1.165, 1.54) is 0 Å². The fourth-order valence-electron chi connectivity index (χ4n) is 2.66. The molecule has 1 aliphatic rings. The lowest BCUT2D eigenvalue weighted by atomic mass is 9.99. The first-order valence-corrected chi connectivity index (χ1v) is 8.07. The topological polar surface area (TPSA) is 67.4 Å². The Morgan fingerprint density at radius 3 is 2.79 bits per heavy atom. The Balaban J connectivity index is 1.43. The summed E-state index contributed by atoms with van der Waals surface area (Å²) in [5, 5.41) is 5.72. The Bertz CT molecular complexity index is 729. The second-order valence-electron chi connectivity index (χ2n) is 5.74. The zero-order chi connectivity index (χ0) is 16.8. The monoisotopic (exact) mass is 324 g/mol. The highest BCUT2D eigenvalue weighted by Crippen LogP contribution is 2.23. The van der Waals surface area contributed by atoms with Gasteiger partial charge in [-0.25, -0.2) is 0 Å². The van der Waals surface area contributed by atoms with Gasteiger partial charge in [0.25, 0.3) is 5.91 Å². The van der Waals surface area contributed by atoms with Gasteiger partial charge in [0.05, 0.1) is 0 Å². The Labute approximate surface area is 141 Å². The van der Waals surface area contributed by atoms with Crippen LogP contribution in [0.2, 0.25) is 0 Å². The van der Waals surface area contributed by atoms with Crippen LogP contribution in [0.25, 0.3) is 0 Å². The van der Waals surface area contributed by atoms with Crippen molar-refractivity contribution in [3.05, 3.63) is 59.7 Å². The van der Waals surface area contributed by atoms with Crippen LogP contribution in [0.3, 0.4) is 0 Å². The second kappa shape index (κ2) is 7.64. The van der Waals surface area contributed by atoms with Gasteiger partial charge in [-0.15, -0.1) is 0 Å². The number of amides is 2. The van der Waals surface area contributed by atoms with Crippen molar-refractivity contribution in [1.29, 1.82) is 0 Å². The van der Waals surface area contributed by atoms with Crippen LogP contribution in [0.5, 0.6) is 5.75 Å². The Hall–Kier alpha value is -2.82. The zero-order valence-corrected chi connectivity index (χ0v) is 13.4. The molecular formula is C19H20N2O3. The molecule has 2 aromatic rings. The fourth-order valence-corrected chi connectivity index (χ4v) is 2.66.